The van der Waals surface area contributed by atoms with Crippen LogP contribution in [0.4, 0.5) is 0 Å². The standard InChI is InChI=1S/C31H49NO7Si/c1-10-19-27(38-24-34-7)31(5,6)28(39-40(11-2,12-3)13-4)21-18-16-14-15-17-20-25(35-8)22-29-32-26(23-37-29)30(33)36-9/h10,16-20,23,25,27-28H,11-13,21-22,24H2,1-9H3/b18-16-,19-10+,20-17+/t25-,27+,28-/m0/s1. The minimum absolute atomic E-state index is 0.0424. The molecule has 0 fully saturated rings. The normalized spacial score (nSPS) is 14.9. The zero-order valence-corrected chi connectivity index (χ0v) is 26.8. The average Bonchev–Trinajstić information content (AvgIpc) is 3.43. The van der Waals surface area contributed by atoms with Crippen molar-refractivity contribution in [2.75, 3.05) is 28.1 Å². The van der Waals surface area contributed by atoms with Gasteiger partial charge in [0, 0.05) is 19.6 Å². The molecule has 0 spiro atoms. The summed E-state index contributed by atoms with van der Waals surface area (Å²) in [4.78, 5) is 15.7. The van der Waals surface area contributed by atoms with Crippen molar-refractivity contribution in [1.82, 2.24) is 4.98 Å². The Balaban J connectivity index is 2.97. The fourth-order valence-electron chi connectivity index (χ4n) is 4.33. The van der Waals surface area contributed by atoms with Gasteiger partial charge in [-0.25, -0.2) is 9.78 Å². The molecule has 1 rings (SSSR count). The number of aromatic nitrogens is 1. The zero-order chi connectivity index (χ0) is 30.0. The maximum absolute atomic E-state index is 11.6. The fraction of sp³-hybridized carbons (Fsp3) is 0.613. The van der Waals surface area contributed by atoms with Gasteiger partial charge in [-0.3, -0.25) is 0 Å². The molecule has 0 amide bonds. The van der Waals surface area contributed by atoms with Crippen molar-refractivity contribution in [3.05, 3.63) is 54.3 Å². The van der Waals surface area contributed by atoms with Gasteiger partial charge < -0.3 is 27.8 Å². The minimum Gasteiger partial charge on any atom is -0.464 e. The fourth-order valence-corrected chi connectivity index (χ4v) is 7.33. The molecule has 0 bridgehead atoms. The molecule has 40 heavy (non-hydrogen) atoms. The van der Waals surface area contributed by atoms with Gasteiger partial charge in [-0.15, -0.1) is 0 Å². The van der Waals surface area contributed by atoms with Crippen molar-refractivity contribution < 1.29 is 32.6 Å². The number of carbonyl (C=O) groups is 1. The summed E-state index contributed by atoms with van der Waals surface area (Å²) in [5.74, 6) is 5.94. The maximum Gasteiger partial charge on any atom is 0.360 e. The van der Waals surface area contributed by atoms with E-state index in [9.17, 15) is 4.79 Å². The summed E-state index contributed by atoms with van der Waals surface area (Å²) in [5.41, 5.74) is -0.162. The number of rotatable bonds is 18. The third kappa shape index (κ3) is 11.2. The number of oxazole rings is 1. The highest BCUT2D eigenvalue weighted by Crippen LogP contribution is 2.37. The lowest BCUT2D eigenvalue weighted by Gasteiger charge is -2.44. The molecule has 0 aromatic carbocycles. The Labute approximate surface area is 242 Å². The molecule has 0 saturated carbocycles. The van der Waals surface area contributed by atoms with Crippen LogP contribution >= 0.6 is 0 Å². The summed E-state index contributed by atoms with van der Waals surface area (Å²) < 4.78 is 33.8. The van der Waals surface area contributed by atoms with Crippen LogP contribution < -0.4 is 0 Å². The largest absolute Gasteiger partial charge is 0.464 e. The number of ether oxygens (including phenoxy) is 4. The topological polar surface area (TPSA) is 89.3 Å². The Morgan fingerprint density at radius 3 is 2.35 bits per heavy atom. The number of carbonyl (C=O) groups excluding carboxylic acids is 1. The van der Waals surface area contributed by atoms with Crippen LogP contribution in [0.1, 0.15) is 64.3 Å². The number of nitrogens with zero attached hydrogens (tertiary/aromatic N) is 1. The second-order valence-electron chi connectivity index (χ2n) is 10.1. The van der Waals surface area contributed by atoms with Gasteiger partial charge in [0.25, 0.3) is 0 Å². The second kappa shape index (κ2) is 18.8. The van der Waals surface area contributed by atoms with Gasteiger partial charge in [0.05, 0.1) is 31.8 Å². The van der Waals surface area contributed by atoms with E-state index in [1.54, 1.807) is 20.3 Å². The van der Waals surface area contributed by atoms with E-state index in [0.29, 0.717) is 12.3 Å². The predicted molar refractivity (Wildman–Crippen MR) is 160 cm³/mol. The van der Waals surface area contributed by atoms with Crippen LogP contribution in [0.2, 0.25) is 18.1 Å². The van der Waals surface area contributed by atoms with Crippen LogP contribution in [0.25, 0.3) is 0 Å². The molecule has 0 saturated heterocycles. The number of hydrogen-bond donors (Lipinski definition) is 0. The number of esters is 1. The van der Waals surface area contributed by atoms with Crippen LogP contribution in [0.15, 0.2) is 47.1 Å². The van der Waals surface area contributed by atoms with Gasteiger partial charge in [0.15, 0.2) is 19.9 Å². The predicted octanol–water partition coefficient (Wildman–Crippen LogP) is 6.51. The first-order valence-corrected chi connectivity index (χ1v) is 16.5. The van der Waals surface area contributed by atoms with E-state index in [1.807, 2.05) is 25.2 Å². The van der Waals surface area contributed by atoms with Gasteiger partial charge >= 0.3 is 5.97 Å². The van der Waals surface area contributed by atoms with Crippen LogP contribution in [0.3, 0.4) is 0 Å². The molecule has 0 aliphatic rings. The number of allylic oxidation sites excluding steroid dienone is 3. The van der Waals surface area contributed by atoms with Crippen LogP contribution in [0, 0.1) is 17.3 Å². The summed E-state index contributed by atoms with van der Waals surface area (Å²) >= 11 is 0. The van der Waals surface area contributed by atoms with Crippen molar-refractivity contribution in [2.24, 2.45) is 5.41 Å². The Hall–Kier alpha value is -2.48. The van der Waals surface area contributed by atoms with Crippen LogP contribution in [-0.4, -0.2) is 65.7 Å². The first kappa shape index (κ1) is 35.5. The van der Waals surface area contributed by atoms with Crippen molar-refractivity contribution in [2.45, 2.75) is 90.8 Å². The molecular weight excluding hydrogens is 526 g/mol. The molecule has 1 aromatic rings. The van der Waals surface area contributed by atoms with Gasteiger partial charge in [0.1, 0.15) is 13.1 Å². The molecule has 3 atom stereocenters. The van der Waals surface area contributed by atoms with Crippen LogP contribution in [-0.2, 0) is 29.8 Å². The number of methoxy groups -OCH3 is 3. The summed E-state index contributed by atoms with van der Waals surface area (Å²) in [6.07, 6.45) is 13.5. The van der Waals surface area contributed by atoms with E-state index in [2.05, 4.69) is 68.3 Å². The van der Waals surface area contributed by atoms with Gasteiger partial charge in [-0.05, 0) is 49.7 Å². The molecule has 0 unspecified atom stereocenters. The van der Waals surface area contributed by atoms with Crippen molar-refractivity contribution in [3.8, 4) is 11.8 Å². The second-order valence-corrected chi connectivity index (χ2v) is 14.8. The molecular formula is C31H49NO7Si. The Kier molecular flexibility index (Phi) is 16.7. The highest BCUT2D eigenvalue weighted by Gasteiger charge is 2.42. The molecule has 1 aromatic heterocycles. The maximum atomic E-state index is 11.6. The Morgan fingerprint density at radius 2 is 1.77 bits per heavy atom. The van der Waals surface area contributed by atoms with Crippen molar-refractivity contribution in [1.29, 1.82) is 0 Å². The Morgan fingerprint density at radius 1 is 1.10 bits per heavy atom. The zero-order valence-electron chi connectivity index (χ0n) is 25.8. The Bertz CT molecular complexity index is 1010. The lowest BCUT2D eigenvalue weighted by Crippen LogP contribution is -2.49. The monoisotopic (exact) mass is 575 g/mol. The van der Waals surface area contributed by atoms with Crippen molar-refractivity contribution >= 4 is 14.3 Å². The number of hydrogen-bond acceptors (Lipinski definition) is 8. The van der Waals surface area contributed by atoms with E-state index in [-0.39, 0.29) is 36.2 Å². The third-order valence-electron chi connectivity index (χ3n) is 7.27. The smallest absolute Gasteiger partial charge is 0.360 e. The molecule has 0 radical (unpaired) electrons. The van der Waals surface area contributed by atoms with E-state index < -0.39 is 14.3 Å². The highest BCUT2D eigenvalue weighted by molar-refractivity contribution is 6.73. The summed E-state index contributed by atoms with van der Waals surface area (Å²) in [6.45, 7) is 13.4. The van der Waals surface area contributed by atoms with Crippen molar-refractivity contribution in [3.63, 3.8) is 0 Å². The SMILES string of the molecule is C/C=C/[C@@H](OCOC)C(C)(C)[C@H](C/C=C\C#C/C=C/[C@@H](Cc1nc(C(=O)OC)co1)OC)O[Si](CC)(CC)CC. The minimum atomic E-state index is -1.87. The van der Waals surface area contributed by atoms with E-state index in [0.717, 1.165) is 24.6 Å². The van der Waals surface area contributed by atoms with E-state index >= 15 is 0 Å². The van der Waals surface area contributed by atoms with Gasteiger partial charge in [0.2, 0.25) is 0 Å². The lowest BCUT2D eigenvalue weighted by molar-refractivity contribution is -0.116. The van der Waals surface area contributed by atoms with Gasteiger partial charge in [-0.2, -0.15) is 0 Å². The van der Waals surface area contributed by atoms with Gasteiger partial charge in [-0.1, -0.05) is 64.7 Å². The molecule has 9 heteroatoms. The summed E-state index contributed by atoms with van der Waals surface area (Å²) in [7, 11) is 2.66. The lowest BCUT2D eigenvalue weighted by atomic mass is 9.79. The molecule has 0 N–H and O–H groups in total. The van der Waals surface area contributed by atoms with Crippen LogP contribution in [0.5, 0.6) is 0 Å². The molecule has 8 nitrogen and oxygen atoms in total. The molecule has 224 valence electrons. The first-order chi connectivity index (χ1) is 19.2. The first-order valence-electron chi connectivity index (χ1n) is 14.0. The highest BCUT2D eigenvalue weighted by atomic mass is 28.4. The summed E-state index contributed by atoms with van der Waals surface area (Å²) in [5, 5.41) is 0. The van der Waals surface area contributed by atoms with E-state index in [4.69, 9.17) is 23.1 Å². The third-order valence-corrected chi connectivity index (χ3v) is 11.9. The average molecular weight is 576 g/mol. The quantitative estimate of drug-likeness (QED) is 0.0644. The molecule has 0 aliphatic heterocycles. The molecule has 0 aliphatic carbocycles. The summed E-state index contributed by atoms with van der Waals surface area (Å²) in [6, 6.07) is 3.23. The van der Waals surface area contributed by atoms with E-state index in [1.165, 1.54) is 13.4 Å². The molecule has 1 heterocycles.